The van der Waals surface area contributed by atoms with Gasteiger partial charge >= 0.3 is 0 Å². The molecule has 20 heavy (non-hydrogen) atoms. The van der Waals surface area contributed by atoms with Gasteiger partial charge < -0.3 is 11.5 Å². The van der Waals surface area contributed by atoms with E-state index >= 15 is 0 Å². The van der Waals surface area contributed by atoms with Crippen LogP contribution in [-0.4, -0.2) is 11.9 Å². The van der Waals surface area contributed by atoms with Crippen molar-refractivity contribution in [2.75, 3.05) is 0 Å². The number of guanidine groups is 1. The number of amides is 1. The van der Waals surface area contributed by atoms with E-state index in [1.54, 1.807) is 6.07 Å². The van der Waals surface area contributed by atoms with Crippen LogP contribution in [-0.2, 0) is 0 Å². The molecule has 0 bridgehead atoms. The fourth-order valence-electron chi connectivity index (χ4n) is 2.77. The highest BCUT2D eigenvalue weighted by molar-refractivity contribution is 6.02. The molecule has 0 aliphatic heterocycles. The van der Waals surface area contributed by atoms with Crippen LogP contribution in [0.4, 0.5) is 0 Å². The fourth-order valence-corrected chi connectivity index (χ4v) is 2.77. The summed E-state index contributed by atoms with van der Waals surface area (Å²) in [4.78, 5) is 15.5. The maximum Gasteiger partial charge on any atom is 0.280 e. The molecule has 0 fully saturated rings. The monoisotopic (exact) mass is 265 g/mol. The van der Waals surface area contributed by atoms with Crippen molar-refractivity contribution in [2.45, 2.75) is 12.8 Å². The first kappa shape index (κ1) is 12.4. The van der Waals surface area contributed by atoms with Crippen LogP contribution in [0, 0.1) is 0 Å². The van der Waals surface area contributed by atoms with Gasteiger partial charge in [-0.2, -0.15) is 4.99 Å². The van der Waals surface area contributed by atoms with Crippen molar-refractivity contribution in [3.05, 3.63) is 59.2 Å². The van der Waals surface area contributed by atoms with E-state index in [-0.39, 0.29) is 11.9 Å². The van der Waals surface area contributed by atoms with E-state index in [1.807, 2.05) is 24.3 Å². The maximum absolute atomic E-state index is 11.9. The summed E-state index contributed by atoms with van der Waals surface area (Å²) in [7, 11) is 0. The summed E-state index contributed by atoms with van der Waals surface area (Å²) in [6.07, 6.45) is 0. The highest BCUT2D eigenvalue weighted by Gasteiger charge is 2.25. The Morgan fingerprint density at radius 3 is 2.50 bits per heavy atom. The molecule has 100 valence electrons. The Balaban J connectivity index is 2.09. The van der Waals surface area contributed by atoms with Crippen molar-refractivity contribution in [1.82, 2.24) is 0 Å². The molecule has 1 unspecified atom stereocenters. The van der Waals surface area contributed by atoms with Crippen molar-refractivity contribution >= 4 is 11.9 Å². The number of benzene rings is 2. The molecule has 0 saturated carbocycles. The topological polar surface area (TPSA) is 81.5 Å². The fraction of sp³-hybridized carbons (Fsp3) is 0.125. The minimum absolute atomic E-state index is 0.216. The van der Waals surface area contributed by atoms with Gasteiger partial charge in [0.1, 0.15) is 0 Å². The van der Waals surface area contributed by atoms with E-state index in [0.29, 0.717) is 5.56 Å². The van der Waals surface area contributed by atoms with Gasteiger partial charge in [0.2, 0.25) is 0 Å². The summed E-state index contributed by atoms with van der Waals surface area (Å²) in [6, 6.07) is 13.9. The predicted molar refractivity (Wildman–Crippen MR) is 79.5 cm³/mol. The zero-order chi connectivity index (χ0) is 14.3. The molecule has 4 nitrogen and oxygen atoms in total. The number of aliphatic imine (C=N–C) groups is 1. The highest BCUT2D eigenvalue weighted by atomic mass is 16.1. The van der Waals surface area contributed by atoms with Gasteiger partial charge in [-0.15, -0.1) is 0 Å². The molecule has 2 aromatic rings. The van der Waals surface area contributed by atoms with Gasteiger partial charge in [0, 0.05) is 11.5 Å². The SMILES string of the molecule is CC1c2ccccc2-c2ccc(C(=O)N=C(N)N)cc21. The standard InChI is InChI=1S/C16H15N3O/c1-9-11-4-2-3-5-12(11)13-7-6-10(8-14(9)13)15(20)19-16(17)18/h2-9H,1H3,(H4,17,18,19,20). The second-order valence-corrected chi connectivity index (χ2v) is 4.95. The molecule has 4 heteroatoms. The average molecular weight is 265 g/mol. The van der Waals surface area contributed by atoms with Crippen molar-refractivity contribution < 1.29 is 4.79 Å². The third-order valence-corrected chi connectivity index (χ3v) is 3.71. The van der Waals surface area contributed by atoms with Crippen LogP contribution in [0.3, 0.4) is 0 Å². The first-order valence-corrected chi connectivity index (χ1v) is 6.45. The summed E-state index contributed by atoms with van der Waals surface area (Å²) < 4.78 is 0. The third-order valence-electron chi connectivity index (χ3n) is 3.71. The Labute approximate surface area is 117 Å². The van der Waals surface area contributed by atoms with Crippen LogP contribution in [0.15, 0.2) is 47.5 Å². The summed E-state index contributed by atoms with van der Waals surface area (Å²) >= 11 is 0. The largest absolute Gasteiger partial charge is 0.370 e. The van der Waals surface area contributed by atoms with Gasteiger partial charge in [-0.25, -0.2) is 0 Å². The molecule has 0 radical (unpaired) electrons. The van der Waals surface area contributed by atoms with Gasteiger partial charge in [-0.3, -0.25) is 4.79 Å². The van der Waals surface area contributed by atoms with Gasteiger partial charge in [0.05, 0.1) is 0 Å². The smallest absolute Gasteiger partial charge is 0.280 e. The van der Waals surface area contributed by atoms with E-state index in [1.165, 1.54) is 16.7 Å². The summed E-state index contributed by atoms with van der Waals surface area (Å²) in [5.74, 6) is -0.351. The summed E-state index contributed by atoms with van der Waals surface area (Å²) in [5, 5.41) is 0. The molecular weight excluding hydrogens is 250 g/mol. The van der Waals surface area contributed by atoms with Crippen LogP contribution < -0.4 is 11.5 Å². The average Bonchev–Trinajstić information content (AvgIpc) is 2.72. The Hall–Kier alpha value is -2.62. The third kappa shape index (κ3) is 1.86. The zero-order valence-corrected chi connectivity index (χ0v) is 11.1. The second-order valence-electron chi connectivity index (χ2n) is 4.95. The van der Waals surface area contributed by atoms with Crippen LogP contribution in [0.25, 0.3) is 11.1 Å². The van der Waals surface area contributed by atoms with E-state index in [4.69, 9.17) is 11.5 Å². The van der Waals surface area contributed by atoms with E-state index in [0.717, 1.165) is 5.56 Å². The van der Waals surface area contributed by atoms with Gasteiger partial charge in [0.25, 0.3) is 5.91 Å². The van der Waals surface area contributed by atoms with Gasteiger partial charge in [-0.05, 0) is 34.4 Å². The Morgan fingerprint density at radius 2 is 1.75 bits per heavy atom. The van der Waals surface area contributed by atoms with Gasteiger partial charge in [-0.1, -0.05) is 37.3 Å². The van der Waals surface area contributed by atoms with Crippen molar-refractivity contribution in [1.29, 1.82) is 0 Å². The normalized spacial score (nSPS) is 15.3. The Bertz CT molecular complexity index is 730. The number of rotatable bonds is 1. The molecule has 0 aromatic heterocycles. The molecule has 4 N–H and O–H groups in total. The number of hydrogen-bond acceptors (Lipinski definition) is 1. The quantitative estimate of drug-likeness (QED) is 0.612. The molecule has 0 saturated heterocycles. The first-order chi connectivity index (χ1) is 9.58. The summed E-state index contributed by atoms with van der Waals surface area (Å²) in [5.41, 5.74) is 15.8. The maximum atomic E-state index is 11.9. The molecule has 1 amide bonds. The molecule has 1 aliphatic rings. The number of nitrogens with two attached hydrogens (primary N) is 2. The zero-order valence-electron chi connectivity index (χ0n) is 11.1. The van der Waals surface area contributed by atoms with Crippen LogP contribution in [0.2, 0.25) is 0 Å². The summed E-state index contributed by atoms with van der Waals surface area (Å²) in [6.45, 7) is 2.14. The lowest BCUT2D eigenvalue weighted by Gasteiger charge is -2.07. The van der Waals surface area contributed by atoms with Crippen LogP contribution in [0.5, 0.6) is 0 Å². The number of carbonyl (C=O) groups excluding carboxylic acids is 1. The van der Waals surface area contributed by atoms with Crippen LogP contribution in [0.1, 0.15) is 34.3 Å². The lowest BCUT2D eigenvalue weighted by molar-refractivity contribution is 0.100. The van der Waals surface area contributed by atoms with E-state index in [9.17, 15) is 4.79 Å². The number of nitrogens with zero attached hydrogens (tertiary/aromatic N) is 1. The lowest BCUT2D eigenvalue weighted by atomic mass is 9.98. The Morgan fingerprint density at radius 1 is 1.05 bits per heavy atom. The Kier molecular flexibility index (Phi) is 2.79. The lowest BCUT2D eigenvalue weighted by Crippen LogP contribution is -2.24. The van der Waals surface area contributed by atoms with Crippen molar-refractivity contribution in [2.24, 2.45) is 16.5 Å². The minimum Gasteiger partial charge on any atom is -0.370 e. The van der Waals surface area contributed by atoms with Crippen molar-refractivity contribution in [3.63, 3.8) is 0 Å². The molecule has 3 rings (SSSR count). The first-order valence-electron chi connectivity index (χ1n) is 6.45. The highest BCUT2D eigenvalue weighted by Crippen LogP contribution is 2.44. The number of fused-ring (bicyclic) bond motifs is 3. The van der Waals surface area contributed by atoms with Gasteiger partial charge in [0.15, 0.2) is 5.96 Å². The van der Waals surface area contributed by atoms with Crippen LogP contribution >= 0.6 is 0 Å². The van der Waals surface area contributed by atoms with E-state index in [2.05, 4.69) is 24.0 Å². The van der Waals surface area contributed by atoms with Crippen molar-refractivity contribution in [3.8, 4) is 11.1 Å². The number of carbonyl (C=O) groups is 1. The van der Waals surface area contributed by atoms with E-state index < -0.39 is 5.91 Å². The molecule has 1 aliphatic carbocycles. The predicted octanol–water partition coefficient (Wildman–Crippen LogP) is 2.23. The molecule has 2 aromatic carbocycles. The molecule has 0 heterocycles. The number of hydrogen-bond donors (Lipinski definition) is 2. The molecular formula is C16H15N3O. The second kappa shape index (κ2) is 4.49. The molecule has 0 spiro atoms. The minimum atomic E-state index is -0.407. The molecule has 1 atom stereocenters.